The van der Waals surface area contributed by atoms with Crippen molar-refractivity contribution in [3.63, 3.8) is 0 Å². The van der Waals surface area contributed by atoms with E-state index in [-0.39, 0.29) is 17.0 Å². The van der Waals surface area contributed by atoms with Crippen molar-refractivity contribution < 1.29 is 9.53 Å². The summed E-state index contributed by atoms with van der Waals surface area (Å²) in [7, 11) is 0. The van der Waals surface area contributed by atoms with Crippen LogP contribution in [0.1, 0.15) is 43.4 Å². The Morgan fingerprint density at radius 2 is 1.87 bits per heavy atom. The lowest BCUT2D eigenvalue weighted by atomic mass is 10.0. The highest BCUT2D eigenvalue weighted by Gasteiger charge is 2.32. The average Bonchev–Trinajstić information content (AvgIpc) is 3.00. The first-order valence-corrected chi connectivity index (χ1v) is 11.4. The fourth-order valence-corrected chi connectivity index (χ4v) is 5.03. The van der Waals surface area contributed by atoms with E-state index in [1.165, 1.54) is 11.8 Å². The maximum absolute atomic E-state index is 13.1. The Morgan fingerprint density at radius 3 is 2.47 bits per heavy atom. The number of hydrogen-bond acceptors (Lipinski definition) is 7. The lowest BCUT2D eigenvalue weighted by Gasteiger charge is -2.33. The zero-order valence-corrected chi connectivity index (χ0v) is 19.2. The molecule has 2 saturated heterocycles. The molecule has 0 bridgehead atoms. The number of morpholine rings is 1. The smallest absolute Gasteiger partial charge is 0.270 e. The number of carbonyl (C=O) groups excluding carboxylic acids is 1. The molecule has 3 heterocycles. The van der Waals surface area contributed by atoms with Gasteiger partial charge >= 0.3 is 0 Å². The molecule has 0 saturated carbocycles. The van der Waals surface area contributed by atoms with Gasteiger partial charge in [0.25, 0.3) is 11.5 Å². The summed E-state index contributed by atoms with van der Waals surface area (Å²) in [6.07, 6.45) is 3.38. The standard InChI is InChI=1S/C21H26N4O3S2/c1-4-6-24-18(23-8-10-28-11-9-23)15(14(3)16(13-22)19(24)26)12-17-20(27)25(7-5-2)21(29)30-17/h12H,4-11H2,1-3H3/b17-12+. The van der Waals surface area contributed by atoms with Gasteiger partial charge in [0.15, 0.2) is 0 Å². The number of rotatable bonds is 6. The second-order valence-corrected chi connectivity index (χ2v) is 8.91. The zero-order valence-electron chi connectivity index (χ0n) is 17.6. The number of ether oxygens (including phenoxy) is 1. The SMILES string of the molecule is CCCN1C(=O)/C(=C\c2c(C)c(C#N)c(=O)n(CCC)c2N2CCOCC2)SC1=S. The second kappa shape index (κ2) is 9.77. The predicted octanol–water partition coefficient (Wildman–Crippen LogP) is 2.89. The fraction of sp³-hybridized carbons (Fsp3) is 0.524. The van der Waals surface area contributed by atoms with Crippen LogP contribution in [-0.2, 0) is 16.1 Å². The number of amides is 1. The van der Waals surface area contributed by atoms with Crippen molar-refractivity contribution in [3.05, 3.63) is 31.9 Å². The van der Waals surface area contributed by atoms with Gasteiger partial charge in [-0.1, -0.05) is 37.8 Å². The number of nitrogens with zero attached hydrogens (tertiary/aromatic N) is 4. The number of aromatic nitrogens is 1. The van der Waals surface area contributed by atoms with Crippen molar-refractivity contribution in [2.75, 3.05) is 37.7 Å². The molecule has 3 rings (SSSR count). The van der Waals surface area contributed by atoms with Gasteiger partial charge in [-0.3, -0.25) is 19.1 Å². The van der Waals surface area contributed by atoms with E-state index < -0.39 is 0 Å². The summed E-state index contributed by atoms with van der Waals surface area (Å²) in [5.41, 5.74) is 1.17. The maximum atomic E-state index is 13.1. The van der Waals surface area contributed by atoms with Gasteiger partial charge in [-0.25, -0.2) is 0 Å². The summed E-state index contributed by atoms with van der Waals surface area (Å²) >= 11 is 6.67. The molecule has 0 atom stereocenters. The van der Waals surface area contributed by atoms with Gasteiger partial charge in [0.2, 0.25) is 0 Å². The van der Waals surface area contributed by atoms with Gasteiger partial charge in [0.05, 0.1) is 18.1 Å². The van der Waals surface area contributed by atoms with Crippen LogP contribution in [0, 0.1) is 18.3 Å². The van der Waals surface area contributed by atoms with E-state index in [9.17, 15) is 14.9 Å². The van der Waals surface area contributed by atoms with Crippen LogP contribution >= 0.6 is 24.0 Å². The molecule has 1 aromatic heterocycles. The van der Waals surface area contributed by atoms with Crippen LogP contribution in [0.25, 0.3) is 6.08 Å². The van der Waals surface area contributed by atoms with Gasteiger partial charge in [0.1, 0.15) is 21.8 Å². The highest BCUT2D eigenvalue weighted by atomic mass is 32.2. The van der Waals surface area contributed by atoms with Crippen LogP contribution in [-0.4, -0.2) is 52.5 Å². The van der Waals surface area contributed by atoms with Gasteiger partial charge < -0.3 is 9.64 Å². The molecule has 2 fully saturated rings. The van der Waals surface area contributed by atoms with Crippen LogP contribution in [0.5, 0.6) is 0 Å². The number of thiocarbonyl (C=S) groups is 1. The molecule has 1 aromatic rings. The number of pyridine rings is 1. The molecule has 160 valence electrons. The Labute approximate surface area is 186 Å². The Hall–Kier alpha value is -2.15. The van der Waals surface area contributed by atoms with E-state index in [2.05, 4.69) is 11.0 Å². The van der Waals surface area contributed by atoms with Crippen molar-refractivity contribution in [1.29, 1.82) is 5.26 Å². The van der Waals surface area contributed by atoms with Crippen molar-refractivity contribution >= 4 is 46.1 Å². The lowest BCUT2D eigenvalue weighted by Crippen LogP contribution is -2.41. The lowest BCUT2D eigenvalue weighted by molar-refractivity contribution is -0.122. The van der Waals surface area contributed by atoms with Crippen molar-refractivity contribution in [1.82, 2.24) is 9.47 Å². The Morgan fingerprint density at radius 1 is 1.20 bits per heavy atom. The molecule has 30 heavy (non-hydrogen) atoms. The monoisotopic (exact) mass is 446 g/mol. The van der Waals surface area contributed by atoms with Crippen molar-refractivity contribution in [2.24, 2.45) is 0 Å². The average molecular weight is 447 g/mol. The van der Waals surface area contributed by atoms with Crippen LogP contribution < -0.4 is 10.5 Å². The molecule has 0 N–H and O–H groups in total. The summed E-state index contributed by atoms with van der Waals surface area (Å²) in [4.78, 5) is 30.3. The molecule has 7 nitrogen and oxygen atoms in total. The Balaban J connectivity index is 2.23. The molecule has 0 unspecified atom stereocenters. The van der Waals surface area contributed by atoms with Gasteiger partial charge in [-0.2, -0.15) is 5.26 Å². The fourth-order valence-electron chi connectivity index (χ4n) is 3.74. The van der Waals surface area contributed by atoms with Crippen LogP contribution in [0.4, 0.5) is 5.82 Å². The summed E-state index contributed by atoms with van der Waals surface area (Å²) in [5, 5.41) is 9.67. The van der Waals surface area contributed by atoms with Crippen LogP contribution in [0.15, 0.2) is 9.70 Å². The zero-order chi connectivity index (χ0) is 21.8. The molecule has 2 aliphatic heterocycles. The summed E-state index contributed by atoms with van der Waals surface area (Å²) < 4.78 is 7.71. The first kappa shape index (κ1) is 22.5. The first-order valence-electron chi connectivity index (χ1n) is 10.2. The topological polar surface area (TPSA) is 78.6 Å². The molecule has 0 aliphatic carbocycles. The third-order valence-electron chi connectivity index (χ3n) is 5.20. The number of anilines is 1. The molecule has 0 spiro atoms. The minimum Gasteiger partial charge on any atom is -0.378 e. The molecule has 9 heteroatoms. The minimum atomic E-state index is -0.283. The molecular formula is C21H26N4O3S2. The van der Waals surface area contributed by atoms with E-state index in [0.29, 0.717) is 54.2 Å². The van der Waals surface area contributed by atoms with Gasteiger partial charge in [-0.05, 0) is 31.4 Å². The molecule has 1 amide bonds. The maximum Gasteiger partial charge on any atom is 0.270 e. The molecule has 0 aromatic carbocycles. The normalized spacial score (nSPS) is 18.4. The van der Waals surface area contributed by atoms with Gasteiger partial charge in [-0.15, -0.1) is 0 Å². The number of carbonyl (C=O) groups is 1. The minimum absolute atomic E-state index is 0.120. The summed E-state index contributed by atoms with van der Waals surface area (Å²) in [6, 6.07) is 2.07. The molecule has 2 aliphatic rings. The van der Waals surface area contributed by atoms with E-state index in [4.69, 9.17) is 17.0 Å². The molecular weight excluding hydrogens is 420 g/mol. The van der Waals surface area contributed by atoms with E-state index in [1.54, 1.807) is 16.4 Å². The highest BCUT2D eigenvalue weighted by Crippen LogP contribution is 2.36. The van der Waals surface area contributed by atoms with E-state index in [1.807, 2.05) is 19.9 Å². The quantitative estimate of drug-likeness (QED) is 0.491. The largest absolute Gasteiger partial charge is 0.378 e. The first-order chi connectivity index (χ1) is 14.4. The predicted molar refractivity (Wildman–Crippen MR) is 124 cm³/mol. The van der Waals surface area contributed by atoms with Crippen LogP contribution in [0.3, 0.4) is 0 Å². The van der Waals surface area contributed by atoms with Crippen LogP contribution in [0.2, 0.25) is 0 Å². The highest BCUT2D eigenvalue weighted by molar-refractivity contribution is 8.26. The third-order valence-corrected chi connectivity index (χ3v) is 6.58. The van der Waals surface area contributed by atoms with Crippen molar-refractivity contribution in [3.8, 4) is 6.07 Å². The summed E-state index contributed by atoms with van der Waals surface area (Å²) in [6.45, 7) is 9.28. The Bertz CT molecular complexity index is 987. The van der Waals surface area contributed by atoms with E-state index in [0.717, 1.165) is 24.2 Å². The second-order valence-electron chi connectivity index (χ2n) is 7.24. The third kappa shape index (κ3) is 4.17. The van der Waals surface area contributed by atoms with Gasteiger partial charge in [0, 0.05) is 31.7 Å². The summed E-state index contributed by atoms with van der Waals surface area (Å²) in [5.74, 6) is 0.633. The van der Waals surface area contributed by atoms with Crippen molar-refractivity contribution in [2.45, 2.75) is 40.2 Å². The number of thioether (sulfide) groups is 1. The van der Waals surface area contributed by atoms with E-state index >= 15 is 0 Å². The number of nitriles is 1. The number of hydrogen-bond donors (Lipinski definition) is 0. The molecule has 0 radical (unpaired) electrons. The Kier molecular flexibility index (Phi) is 7.34.